The van der Waals surface area contributed by atoms with Gasteiger partial charge in [0, 0.05) is 19.6 Å². The van der Waals surface area contributed by atoms with Gasteiger partial charge in [0.05, 0.1) is 5.92 Å². The molecule has 0 aromatic heterocycles. The van der Waals surface area contributed by atoms with Crippen LogP contribution in [0.25, 0.3) is 0 Å². The summed E-state index contributed by atoms with van der Waals surface area (Å²) in [6.45, 7) is 5.74. The van der Waals surface area contributed by atoms with Crippen molar-refractivity contribution in [1.29, 1.82) is 0 Å². The van der Waals surface area contributed by atoms with Crippen molar-refractivity contribution in [2.24, 2.45) is 11.8 Å². The number of nitrogens with zero attached hydrogens (tertiary/aromatic N) is 1. The summed E-state index contributed by atoms with van der Waals surface area (Å²) < 4.78 is 58.6. The summed E-state index contributed by atoms with van der Waals surface area (Å²) in [5.41, 5.74) is 0. The van der Waals surface area contributed by atoms with Gasteiger partial charge in [0.1, 0.15) is 16.5 Å². The van der Waals surface area contributed by atoms with Crippen LogP contribution in [-0.4, -0.2) is 50.3 Å². The Morgan fingerprint density at radius 1 is 1.21 bits per heavy atom. The van der Waals surface area contributed by atoms with E-state index < -0.39 is 50.5 Å². The summed E-state index contributed by atoms with van der Waals surface area (Å²) in [5, 5.41) is 2.68. The molecule has 0 bridgehead atoms. The van der Waals surface area contributed by atoms with Crippen LogP contribution in [0.1, 0.15) is 33.6 Å². The molecule has 10 heteroatoms. The fourth-order valence-electron chi connectivity index (χ4n) is 2.92. The molecule has 1 aromatic carbocycles. The van der Waals surface area contributed by atoms with E-state index in [0.717, 1.165) is 16.4 Å². The van der Waals surface area contributed by atoms with Crippen LogP contribution in [0.2, 0.25) is 0 Å². The average Bonchev–Trinajstić information content (AvgIpc) is 2.67. The van der Waals surface area contributed by atoms with Crippen LogP contribution in [0.4, 0.5) is 8.78 Å². The standard InChI is InChI=1S/C19H26F2N2O5S/c1-12(2)11-22-18(24)13(3)28-19(25)14-6-8-23(9-7-14)29(26,27)17-10-15(20)4-5-16(17)21/h4-5,10,12-14H,6-9,11H2,1-3H3,(H,22,24). The molecule has 1 unspecified atom stereocenters. The fourth-order valence-corrected chi connectivity index (χ4v) is 4.46. The second kappa shape index (κ2) is 9.62. The van der Waals surface area contributed by atoms with Crippen molar-refractivity contribution in [2.75, 3.05) is 19.6 Å². The molecule has 1 fully saturated rings. The number of ether oxygens (including phenoxy) is 1. The molecule has 1 amide bonds. The van der Waals surface area contributed by atoms with E-state index in [1.165, 1.54) is 6.92 Å². The van der Waals surface area contributed by atoms with Crippen molar-refractivity contribution in [3.05, 3.63) is 29.8 Å². The summed E-state index contributed by atoms with van der Waals surface area (Å²) in [5.74, 6) is -3.17. The lowest BCUT2D eigenvalue weighted by Crippen LogP contribution is -2.43. The molecule has 0 saturated carbocycles. The highest BCUT2D eigenvalue weighted by Gasteiger charge is 2.35. The molecular weight excluding hydrogens is 406 g/mol. The van der Waals surface area contributed by atoms with E-state index in [-0.39, 0.29) is 31.8 Å². The van der Waals surface area contributed by atoms with Gasteiger partial charge in [0.2, 0.25) is 10.0 Å². The molecule has 1 aromatic rings. The van der Waals surface area contributed by atoms with Crippen molar-refractivity contribution < 1.29 is 31.5 Å². The van der Waals surface area contributed by atoms with E-state index >= 15 is 0 Å². The van der Waals surface area contributed by atoms with Crippen molar-refractivity contribution in [3.63, 3.8) is 0 Å². The first-order valence-corrected chi connectivity index (χ1v) is 10.9. The lowest BCUT2D eigenvalue weighted by Gasteiger charge is -2.30. The number of carbonyl (C=O) groups excluding carboxylic acids is 2. The molecule has 162 valence electrons. The average molecular weight is 432 g/mol. The smallest absolute Gasteiger partial charge is 0.309 e. The van der Waals surface area contributed by atoms with Gasteiger partial charge in [0.25, 0.3) is 5.91 Å². The molecule has 29 heavy (non-hydrogen) atoms. The largest absolute Gasteiger partial charge is 0.452 e. The molecule has 0 aliphatic carbocycles. The molecule has 1 saturated heterocycles. The first-order chi connectivity index (χ1) is 13.5. The normalized spacial score (nSPS) is 17.2. The van der Waals surface area contributed by atoms with Gasteiger partial charge in [-0.2, -0.15) is 4.31 Å². The second-order valence-electron chi connectivity index (χ2n) is 7.47. The number of benzene rings is 1. The van der Waals surface area contributed by atoms with E-state index in [4.69, 9.17) is 4.74 Å². The summed E-state index contributed by atoms with van der Waals surface area (Å²) in [6.07, 6.45) is -0.630. The van der Waals surface area contributed by atoms with Crippen LogP contribution in [0.15, 0.2) is 23.1 Å². The molecule has 7 nitrogen and oxygen atoms in total. The number of sulfonamides is 1. The Bertz CT molecular complexity index is 852. The Hall–Kier alpha value is -2.07. The Morgan fingerprint density at radius 3 is 2.41 bits per heavy atom. The van der Waals surface area contributed by atoms with E-state index in [1.807, 2.05) is 13.8 Å². The first-order valence-electron chi connectivity index (χ1n) is 9.45. The van der Waals surface area contributed by atoms with Gasteiger partial charge in [0.15, 0.2) is 6.10 Å². The van der Waals surface area contributed by atoms with E-state index in [0.29, 0.717) is 12.6 Å². The number of piperidine rings is 1. The third-order valence-electron chi connectivity index (χ3n) is 4.65. The molecule has 2 rings (SSSR count). The van der Waals surface area contributed by atoms with Crippen molar-refractivity contribution in [1.82, 2.24) is 9.62 Å². The molecule has 1 heterocycles. The van der Waals surface area contributed by atoms with Crippen molar-refractivity contribution in [2.45, 2.75) is 44.6 Å². The number of carbonyl (C=O) groups is 2. The Labute approximate surface area is 169 Å². The third kappa shape index (κ3) is 5.96. The Kier molecular flexibility index (Phi) is 7.70. The zero-order valence-corrected chi connectivity index (χ0v) is 17.5. The van der Waals surface area contributed by atoms with Gasteiger partial charge in [-0.05, 0) is 43.9 Å². The minimum absolute atomic E-state index is 0.0357. The van der Waals surface area contributed by atoms with Crippen LogP contribution < -0.4 is 5.32 Å². The molecule has 1 N–H and O–H groups in total. The van der Waals surface area contributed by atoms with Crippen LogP contribution >= 0.6 is 0 Å². The third-order valence-corrected chi connectivity index (χ3v) is 6.56. The maximum absolute atomic E-state index is 13.9. The highest BCUT2D eigenvalue weighted by molar-refractivity contribution is 7.89. The predicted octanol–water partition coefficient (Wildman–Crippen LogP) is 2.07. The molecule has 0 spiro atoms. The molecule has 1 atom stereocenters. The van der Waals surface area contributed by atoms with Crippen LogP contribution in [0.5, 0.6) is 0 Å². The van der Waals surface area contributed by atoms with Crippen LogP contribution in [0, 0.1) is 23.5 Å². The first kappa shape index (κ1) is 23.2. The zero-order chi connectivity index (χ0) is 21.8. The zero-order valence-electron chi connectivity index (χ0n) is 16.7. The topological polar surface area (TPSA) is 92.8 Å². The maximum atomic E-state index is 13.9. The predicted molar refractivity (Wildman–Crippen MR) is 101 cm³/mol. The van der Waals surface area contributed by atoms with Crippen LogP contribution in [0.3, 0.4) is 0 Å². The summed E-state index contributed by atoms with van der Waals surface area (Å²) >= 11 is 0. The lowest BCUT2D eigenvalue weighted by molar-refractivity contribution is -0.159. The maximum Gasteiger partial charge on any atom is 0.309 e. The minimum atomic E-state index is -4.21. The molecular formula is C19H26F2N2O5S. The number of hydrogen-bond acceptors (Lipinski definition) is 5. The number of halogens is 2. The van der Waals surface area contributed by atoms with Gasteiger partial charge >= 0.3 is 5.97 Å². The Balaban J connectivity index is 1.93. The van der Waals surface area contributed by atoms with Gasteiger partial charge < -0.3 is 10.1 Å². The number of nitrogens with one attached hydrogen (secondary N) is 1. The second-order valence-corrected chi connectivity index (χ2v) is 9.38. The number of rotatable bonds is 7. The fraction of sp³-hybridized carbons (Fsp3) is 0.579. The minimum Gasteiger partial charge on any atom is -0.452 e. The Morgan fingerprint density at radius 2 is 1.83 bits per heavy atom. The van der Waals surface area contributed by atoms with Gasteiger partial charge in [-0.15, -0.1) is 0 Å². The van der Waals surface area contributed by atoms with Gasteiger partial charge in [-0.3, -0.25) is 9.59 Å². The summed E-state index contributed by atoms with van der Waals surface area (Å²) in [6, 6.07) is 2.25. The quantitative estimate of drug-likeness (QED) is 0.666. The highest BCUT2D eigenvalue weighted by atomic mass is 32.2. The van der Waals surface area contributed by atoms with E-state index in [1.54, 1.807) is 0 Å². The molecule has 0 radical (unpaired) electrons. The van der Waals surface area contributed by atoms with Crippen LogP contribution in [-0.2, 0) is 24.3 Å². The highest BCUT2D eigenvalue weighted by Crippen LogP contribution is 2.26. The van der Waals surface area contributed by atoms with Crippen molar-refractivity contribution in [3.8, 4) is 0 Å². The number of amides is 1. The summed E-state index contributed by atoms with van der Waals surface area (Å²) in [4.78, 5) is 23.5. The number of esters is 1. The van der Waals surface area contributed by atoms with Crippen molar-refractivity contribution >= 4 is 21.9 Å². The van der Waals surface area contributed by atoms with Gasteiger partial charge in [-0.25, -0.2) is 17.2 Å². The lowest BCUT2D eigenvalue weighted by atomic mass is 9.98. The monoisotopic (exact) mass is 432 g/mol. The van der Waals surface area contributed by atoms with Gasteiger partial charge in [-0.1, -0.05) is 13.8 Å². The molecule has 1 aliphatic rings. The molecule has 1 aliphatic heterocycles. The summed E-state index contributed by atoms with van der Waals surface area (Å²) in [7, 11) is -4.21. The SMILES string of the molecule is CC(C)CNC(=O)C(C)OC(=O)C1CCN(S(=O)(=O)c2cc(F)ccc2F)CC1. The number of hydrogen-bond donors (Lipinski definition) is 1. The van der Waals surface area contributed by atoms with E-state index in [2.05, 4.69) is 5.32 Å². The van der Waals surface area contributed by atoms with E-state index in [9.17, 15) is 26.8 Å².